The zero-order valence-corrected chi connectivity index (χ0v) is 15.9. The lowest BCUT2D eigenvalue weighted by Gasteiger charge is -2.34. The Morgan fingerprint density at radius 2 is 1.68 bits per heavy atom. The summed E-state index contributed by atoms with van der Waals surface area (Å²) in [6, 6.07) is 7.31. The standard InChI is InChI=1S/C17H19F3N4O3S/c1-13-2-4-14(5-3-13)28(26,27)24-10-8-22(9-11-24)16(25)12-23-7-6-15(21-23)17(18,19)20/h2-7H,8-12H2,1H3. The second-order valence-corrected chi connectivity index (χ2v) is 8.43. The minimum absolute atomic E-state index is 0.120. The highest BCUT2D eigenvalue weighted by Crippen LogP contribution is 2.27. The molecule has 1 saturated heterocycles. The van der Waals surface area contributed by atoms with Gasteiger partial charge in [-0.05, 0) is 25.1 Å². The maximum Gasteiger partial charge on any atom is 0.435 e. The Hall–Kier alpha value is -2.40. The lowest BCUT2D eigenvalue weighted by Crippen LogP contribution is -2.51. The van der Waals surface area contributed by atoms with E-state index in [0.29, 0.717) is 0 Å². The lowest BCUT2D eigenvalue weighted by molar-refractivity contribution is -0.142. The minimum Gasteiger partial charge on any atom is -0.338 e. The molecule has 0 atom stereocenters. The first-order valence-electron chi connectivity index (χ1n) is 8.52. The van der Waals surface area contributed by atoms with Crippen molar-refractivity contribution in [1.82, 2.24) is 19.0 Å². The fourth-order valence-corrected chi connectivity index (χ4v) is 4.30. The molecule has 1 fully saturated rings. The van der Waals surface area contributed by atoms with Gasteiger partial charge >= 0.3 is 6.18 Å². The number of piperazine rings is 1. The van der Waals surface area contributed by atoms with Gasteiger partial charge in [-0.2, -0.15) is 22.6 Å². The number of hydrogen-bond acceptors (Lipinski definition) is 4. The molecule has 0 spiro atoms. The van der Waals surface area contributed by atoms with Crippen molar-refractivity contribution < 1.29 is 26.4 Å². The lowest BCUT2D eigenvalue weighted by atomic mass is 10.2. The summed E-state index contributed by atoms with van der Waals surface area (Å²) in [7, 11) is -3.65. The molecule has 1 aromatic carbocycles. The number of benzene rings is 1. The number of nitrogens with zero attached hydrogens (tertiary/aromatic N) is 4. The van der Waals surface area contributed by atoms with E-state index in [0.717, 1.165) is 22.5 Å². The molecule has 2 aromatic rings. The average Bonchev–Trinajstić information content (AvgIpc) is 3.11. The number of hydrogen-bond donors (Lipinski definition) is 0. The van der Waals surface area contributed by atoms with E-state index in [9.17, 15) is 26.4 Å². The maximum absolute atomic E-state index is 12.7. The van der Waals surface area contributed by atoms with E-state index in [-0.39, 0.29) is 37.6 Å². The van der Waals surface area contributed by atoms with Crippen LogP contribution in [0, 0.1) is 6.92 Å². The minimum atomic E-state index is -4.57. The van der Waals surface area contributed by atoms with Gasteiger partial charge in [0.25, 0.3) is 0 Å². The Morgan fingerprint density at radius 1 is 1.07 bits per heavy atom. The highest BCUT2D eigenvalue weighted by molar-refractivity contribution is 7.89. The van der Waals surface area contributed by atoms with Crippen molar-refractivity contribution in [1.29, 1.82) is 0 Å². The van der Waals surface area contributed by atoms with E-state index < -0.39 is 27.8 Å². The van der Waals surface area contributed by atoms with E-state index in [1.165, 1.54) is 21.3 Å². The number of halogens is 3. The molecule has 0 saturated carbocycles. The predicted octanol–water partition coefficient (Wildman–Crippen LogP) is 1.74. The number of carbonyl (C=O) groups is 1. The zero-order valence-electron chi connectivity index (χ0n) is 15.1. The molecule has 1 amide bonds. The van der Waals surface area contributed by atoms with Gasteiger partial charge in [0, 0.05) is 32.4 Å². The fraction of sp³-hybridized carbons (Fsp3) is 0.412. The Morgan fingerprint density at radius 3 is 2.21 bits per heavy atom. The van der Waals surface area contributed by atoms with Crippen LogP contribution >= 0.6 is 0 Å². The van der Waals surface area contributed by atoms with Crippen LogP contribution in [0.1, 0.15) is 11.3 Å². The summed E-state index contributed by atoms with van der Waals surface area (Å²) in [5, 5.41) is 3.36. The van der Waals surface area contributed by atoms with Crippen molar-refractivity contribution >= 4 is 15.9 Å². The van der Waals surface area contributed by atoms with Gasteiger partial charge in [-0.25, -0.2) is 8.42 Å². The van der Waals surface area contributed by atoms with Crippen LogP contribution in [0.3, 0.4) is 0 Å². The normalized spacial score (nSPS) is 16.4. The van der Waals surface area contributed by atoms with Crippen LogP contribution in [-0.2, 0) is 27.5 Å². The van der Waals surface area contributed by atoms with Crippen LogP contribution < -0.4 is 0 Å². The highest BCUT2D eigenvalue weighted by Gasteiger charge is 2.34. The van der Waals surface area contributed by atoms with Gasteiger partial charge in [-0.3, -0.25) is 9.48 Å². The van der Waals surface area contributed by atoms with Gasteiger partial charge in [0.2, 0.25) is 15.9 Å². The Balaban J connectivity index is 1.59. The molecule has 0 bridgehead atoms. The van der Waals surface area contributed by atoms with Crippen LogP contribution in [0.15, 0.2) is 41.4 Å². The van der Waals surface area contributed by atoms with Crippen LogP contribution in [0.5, 0.6) is 0 Å². The van der Waals surface area contributed by atoms with Gasteiger partial charge in [-0.15, -0.1) is 0 Å². The third-order valence-electron chi connectivity index (χ3n) is 4.48. The third kappa shape index (κ3) is 4.36. The summed E-state index contributed by atoms with van der Waals surface area (Å²) in [5.41, 5.74) is -0.115. The van der Waals surface area contributed by atoms with E-state index in [2.05, 4.69) is 5.10 Å². The van der Waals surface area contributed by atoms with Gasteiger partial charge in [0.15, 0.2) is 5.69 Å². The van der Waals surface area contributed by atoms with Crippen molar-refractivity contribution in [2.24, 2.45) is 0 Å². The van der Waals surface area contributed by atoms with Crippen molar-refractivity contribution in [3.63, 3.8) is 0 Å². The largest absolute Gasteiger partial charge is 0.435 e. The Bertz CT molecular complexity index is 947. The molecule has 0 radical (unpaired) electrons. The molecular formula is C17H19F3N4O3S. The zero-order chi connectivity index (χ0) is 20.5. The van der Waals surface area contributed by atoms with E-state index >= 15 is 0 Å². The maximum atomic E-state index is 12.7. The second kappa shape index (κ2) is 7.55. The molecule has 11 heteroatoms. The number of amides is 1. The SMILES string of the molecule is Cc1ccc(S(=O)(=O)N2CCN(C(=O)Cn3ccc(C(F)(F)F)n3)CC2)cc1. The monoisotopic (exact) mass is 416 g/mol. The first-order chi connectivity index (χ1) is 13.1. The van der Waals surface area contributed by atoms with Crippen molar-refractivity contribution in [3.8, 4) is 0 Å². The molecule has 1 aromatic heterocycles. The molecule has 0 unspecified atom stereocenters. The Labute approximate surface area is 160 Å². The van der Waals surface area contributed by atoms with Gasteiger partial charge in [0.1, 0.15) is 6.54 Å². The first kappa shape index (κ1) is 20.3. The molecule has 7 nitrogen and oxygen atoms in total. The van der Waals surface area contributed by atoms with Crippen LogP contribution in [0.4, 0.5) is 13.2 Å². The number of rotatable bonds is 4. The van der Waals surface area contributed by atoms with Crippen molar-refractivity contribution in [2.45, 2.75) is 24.5 Å². The number of carbonyl (C=O) groups excluding carboxylic acids is 1. The molecule has 1 aliphatic heterocycles. The van der Waals surface area contributed by atoms with Gasteiger partial charge in [0.05, 0.1) is 4.90 Å². The average molecular weight is 416 g/mol. The topological polar surface area (TPSA) is 75.5 Å². The van der Waals surface area contributed by atoms with Crippen molar-refractivity contribution in [3.05, 3.63) is 47.8 Å². The van der Waals surface area contributed by atoms with Gasteiger partial charge in [-0.1, -0.05) is 17.7 Å². The van der Waals surface area contributed by atoms with E-state index in [1.807, 2.05) is 6.92 Å². The molecule has 3 rings (SSSR count). The summed E-state index contributed by atoms with van der Waals surface area (Å²) in [6.45, 7) is 2.09. The number of aromatic nitrogens is 2. The number of aryl methyl sites for hydroxylation is 1. The molecule has 2 heterocycles. The summed E-state index contributed by atoms with van der Waals surface area (Å²) in [6.07, 6.45) is -3.47. The smallest absolute Gasteiger partial charge is 0.338 e. The highest BCUT2D eigenvalue weighted by atomic mass is 32.2. The van der Waals surface area contributed by atoms with Crippen LogP contribution in [-0.4, -0.2) is 59.5 Å². The molecule has 28 heavy (non-hydrogen) atoms. The summed E-state index contributed by atoms with van der Waals surface area (Å²) in [5.74, 6) is -0.413. The second-order valence-electron chi connectivity index (χ2n) is 6.49. The molecule has 0 N–H and O–H groups in total. The molecule has 152 valence electrons. The quantitative estimate of drug-likeness (QED) is 0.761. The van der Waals surface area contributed by atoms with E-state index in [4.69, 9.17) is 0 Å². The Kier molecular flexibility index (Phi) is 5.48. The van der Waals surface area contributed by atoms with Gasteiger partial charge < -0.3 is 4.90 Å². The molecule has 0 aliphatic carbocycles. The van der Waals surface area contributed by atoms with Crippen LogP contribution in [0.25, 0.3) is 0 Å². The molecular weight excluding hydrogens is 397 g/mol. The fourth-order valence-electron chi connectivity index (χ4n) is 2.88. The molecule has 1 aliphatic rings. The number of sulfonamides is 1. The summed E-state index contributed by atoms with van der Waals surface area (Å²) < 4.78 is 65.3. The van der Waals surface area contributed by atoms with Crippen molar-refractivity contribution in [2.75, 3.05) is 26.2 Å². The predicted molar refractivity (Wildman–Crippen MR) is 93.7 cm³/mol. The third-order valence-corrected chi connectivity index (χ3v) is 6.39. The first-order valence-corrected chi connectivity index (χ1v) is 9.96. The number of alkyl halides is 3. The summed E-state index contributed by atoms with van der Waals surface area (Å²) >= 11 is 0. The van der Waals surface area contributed by atoms with E-state index in [1.54, 1.807) is 12.1 Å². The van der Waals surface area contributed by atoms with Crippen LogP contribution in [0.2, 0.25) is 0 Å². The summed E-state index contributed by atoms with van der Waals surface area (Å²) in [4.78, 5) is 13.9.